The van der Waals surface area contributed by atoms with Gasteiger partial charge in [0.1, 0.15) is 0 Å². The van der Waals surface area contributed by atoms with Crippen molar-refractivity contribution in [3.63, 3.8) is 0 Å². The second-order valence-electron chi connectivity index (χ2n) is 5.54. The molecule has 1 aliphatic carbocycles. The van der Waals surface area contributed by atoms with E-state index in [4.69, 9.17) is 0 Å². The third-order valence-corrected chi connectivity index (χ3v) is 4.22. The Hall–Kier alpha value is -1.35. The van der Waals surface area contributed by atoms with Crippen LogP contribution in [-0.4, -0.2) is 24.2 Å². The molecule has 1 amide bonds. The molecule has 0 radical (unpaired) electrons. The van der Waals surface area contributed by atoms with Gasteiger partial charge in [-0.15, -0.1) is 0 Å². The van der Waals surface area contributed by atoms with Crippen molar-refractivity contribution in [2.75, 3.05) is 13.2 Å². The number of aryl methyl sites for hydroxylation is 1. The highest BCUT2D eigenvalue weighted by Crippen LogP contribution is 2.30. The van der Waals surface area contributed by atoms with Gasteiger partial charge in [0, 0.05) is 13.2 Å². The van der Waals surface area contributed by atoms with Crippen molar-refractivity contribution in [3.8, 4) is 0 Å². The number of amides is 1. The van der Waals surface area contributed by atoms with E-state index < -0.39 is 0 Å². The van der Waals surface area contributed by atoms with Crippen LogP contribution in [0.4, 0.5) is 0 Å². The van der Waals surface area contributed by atoms with Gasteiger partial charge >= 0.3 is 0 Å². The van der Waals surface area contributed by atoms with Crippen LogP contribution < -0.4 is 5.32 Å². The lowest BCUT2D eigenvalue weighted by atomic mass is 9.97. The number of hydrogen-bond donors (Lipinski definition) is 2. The van der Waals surface area contributed by atoms with Crippen molar-refractivity contribution in [3.05, 3.63) is 35.4 Å². The molecule has 1 fully saturated rings. The molecular weight excluding hydrogens is 238 g/mol. The number of benzene rings is 1. The van der Waals surface area contributed by atoms with Crippen LogP contribution in [-0.2, 0) is 11.2 Å². The smallest absolute Gasteiger partial charge is 0.224 e. The maximum Gasteiger partial charge on any atom is 0.224 e. The average Bonchev–Trinajstić information content (AvgIpc) is 2.86. The first-order chi connectivity index (χ1) is 9.20. The maximum absolute atomic E-state index is 11.9. The van der Waals surface area contributed by atoms with Gasteiger partial charge in [-0.25, -0.2) is 0 Å². The zero-order valence-electron chi connectivity index (χ0n) is 11.6. The van der Waals surface area contributed by atoms with E-state index in [1.54, 1.807) is 0 Å². The summed E-state index contributed by atoms with van der Waals surface area (Å²) in [6.45, 7) is 2.98. The minimum absolute atomic E-state index is 0.0814. The highest BCUT2D eigenvalue weighted by molar-refractivity contribution is 5.78. The Morgan fingerprint density at radius 1 is 1.32 bits per heavy atom. The molecule has 0 spiro atoms. The maximum atomic E-state index is 11.9. The molecule has 3 heteroatoms. The zero-order chi connectivity index (χ0) is 13.7. The van der Waals surface area contributed by atoms with E-state index in [0.717, 1.165) is 24.0 Å². The molecule has 1 saturated carbocycles. The summed E-state index contributed by atoms with van der Waals surface area (Å²) in [6, 6.07) is 7.98. The molecule has 1 aliphatic rings. The summed E-state index contributed by atoms with van der Waals surface area (Å²) < 4.78 is 0. The number of hydrogen-bond acceptors (Lipinski definition) is 2. The SMILES string of the molecule is Cc1ccccc1CC(=O)NCC1CCCC1CO. The minimum atomic E-state index is 0.0814. The van der Waals surface area contributed by atoms with Crippen molar-refractivity contribution in [1.29, 1.82) is 0 Å². The van der Waals surface area contributed by atoms with Gasteiger partial charge in [0.2, 0.25) is 5.91 Å². The molecule has 2 N–H and O–H groups in total. The van der Waals surface area contributed by atoms with Crippen LogP contribution in [0.25, 0.3) is 0 Å². The summed E-state index contributed by atoms with van der Waals surface area (Å²) in [5.74, 6) is 0.905. The fourth-order valence-corrected chi connectivity index (χ4v) is 2.91. The Balaban J connectivity index is 1.80. The van der Waals surface area contributed by atoms with Crippen molar-refractivity contribution in [2.45, 2.75) is 32.6 Å². The first kappa shape index (κ1) is 14.1. The Bertz CT molecular complexity index is 431. The van der Waals surface area contributed by atoms with Crippen molar-refractivity contribution < 1.29 is 9.90 Å². The average molecular weight is 261 g/mol. The van der Waals surface area contributed by atoms with Crippen LogP contribution in [0.1, 0.15) is 30.4 Å². The van der Waals surface area contributed by atoms with Gasteiger partial charge in [-0.3, -0.25) is 4.79 Å². The van der Waals surface area contributed by atoms with E-state index in [9.17, 15) is 9.90 Å². The number of rotatable bonds is 5. The number of aliphatic hydroxyl groups is 1. The minimum Gasteiger partial charge on any atom is -0.396 e. The van der Waals surface area contributed by atoms with E-state index in [2.05, 4.69) is 5.32 Å². The van der Waals surface area contributed by atoms with Gasteiger partial charge < -0.3 is 10.4 Å². The fraction of sp³-hybridized carbons (Fsp3) is 0.562. The lowest BCUT2D eigenvalue weighted by molar-refractivity contribution is -0.120. The number of carbonyl (C=O) groups excluding carboxylic acids is 1. The van der Waals surface area contributed by atoms with Crippen molar-refractivity contribution in [1.82, 2.24) is 5.32 Å². The Morgan fingerprint density at radius 3 is 2.79 bits per heavy atom. The summed E-state index contributed by atoms with van der Waals surface area (Å²) in [6.07, 6.45) is 3.83. The van der Waals surface area contributed by atoms with Gasteiger partial charge in [-0.1, -0.05) is 30.7 Å². The molecule has 3 nitrogen and oxygen atoms in total. The third-order valence-electron chi connectivity index (χ3n) is 4.22. The molecular formula is C16H23NO2. The van der Waals surface area contributed by atoms with Crippen LogP contribution in [0.15, 0.2) is 24.3 Å². The molecule has 1 aromatic rings. The third kappa shape index (κ3) is 3.80. The van der Waals surface area contributed by atoms with E-state index >= 15 is 0 Å². The highest BCUT2D eigenvalue weighted by atomic mass is 16.3. The quantitative estimate of drug-likeness (QED) is 0.852. The topological polar surface area (TPSA) is 49.3 Å². The molecule has 2 unspecified atom stereocenters. The van der Waals surface area contributed by atoms with Crippen LogP contribution in [0.5, 0.6) is 0 Å². The molecule has 104 valence electrons. The Labute approximate surface area is 115 Å². The summed E-state index contributed by atoms with van der Waals surface area (Å²) in [5, 5.41) is 12.3. The molecule has 1 aromatic carbocycles. The summed E-state index contributed by atoms with van der Waals surface area (Å²) in [4.78, 5) is 11.9. The predicted octanol–water partition coefficient (Wildman–Crippen LogP) is 2.06. The van der Waals surface area contributed by atoms with Crippen LogP contribution >= 0.6 is 0 Å². The molecule has 0 aliphatic heterocycles. The number of carbonyl (C=O) groups is 1. The number of aliphatic hydroxyl groups excluding tert-OH is 1. The van der Waals surface area contributed by atoms with E-state index in [0.29, 0.717) is 24.8 Å². The second kappa shape index (κ2) is 6.71. The molecule has 0 heterocycles. The zero-order valence-corrected chi connectivity index (χ0v) is 11.6. The normalized spacial score (nSPS) is 22.4. The molecule has 0 aromatic heterocycles. The van der Waals surface area contributed by atoms with Crippen LogP contribution in [0.3, 0.4) is 0 Å². The highest BCUT2D eigenvalue weighted by Gasteiger charge is 2.26. The number of nitrogens with one attached hydrogen (secondary N) is 1. The van der Waals surface area contributed by atoms with Gasteiger partial charge in [-0.05, 0) is 42.7 Å². The predicted molar refractivity (Wildman–Crippen MR) is 75.8 cm³/mol. The van der Waals surface area contributed by atoms with Gasteiger partial charge in [-0.2, -0.15) is 0 Å². The largest absolute Gasteiger partial charge is 0.396 e. The summed E-state index contributed by atoms with van der Waals surface area (Å²) in [7, 11) is 0. The van der Waals surface area contributed by atoms with Crippen molar-refractivity contribution >= 4 is 5.91 Å². The van der Waals surface area contributed by atoms with Crippen molar-refractivity contribution in [2.24, 2.45) is 11.8 Å². The Kier molecular flexibility index (Phi) is 4.97. The van der Waals surface area contributed by atoms with Gasteiger partial charge in [0.25, 0.3) is 0 Å². The summed E-state index contributed by atoms with van der Waals surface area (Å²) >= 11 is 0. The van der Waals surface area contributed by atoms with Crippen LogP contribution in [0, 0.1) is 18.8 Å². The standard InChI is InChI=1S/C16H23NO2/c1-12-5-2-3-6-13(12)9-16(19)17-10-14-7-4-8-15(14)11-18/h2-3,5-6,14-15,18H,4,7-11H2,1H3,(H,17,19). The Morgan fingerprint density at radius 2 is 2.05 bits per heavy atom. The second-order valence-corrected chi connectivity index (χ2v) is 5.54. The molecule has 2 atom stereocenters. The van der Waals surface area contributed by atoms with Gasteiger partial charge in [0.05, 0.1) is 6.42 Å². The lowest BCUT2D eigenvalue weighted by Crippen LogP contribution is -2.32. The van der Waals surface area contributed by atoms with E-state index in [1.807, 2.05) is 31.2 Å². The van der Waals surface area contributed by atoms with Gasteiger partial charge in [0.15, 0.2) is 0 Å². The fourth-order valence-electron chi connectivity index (χ4n) is 2.91. The molecule has 0 bridgehead atoms. The summed E-state index contributed by atoms with van der Waals surface area (Å²) in [5.41, 5.74) is 2.25. The van der Waals surface area contributed by atoms with E-state index in [1.165, 1.54) is 6.42 Å². The first-order valence-electron chi connectivity index (χ1n) is 7.12. The lowest BCUT2D eigenvalue weighted by Gasteiger charge is -2.18. The van der Waals surface area contributed by atoms with Crippen LogP contribution in [0.2, 0.25) is 0 Å². The first-order valence-corrected chi connectivity index (χ1v) is 7.12. The molecule has 2 rings (SSSR count). The molecule has 19 heavy (non-hydrogen) atoms. The monoisotopic (exact) mass is 261 g/mol. The van der Waals surface area contributed by atoms with E-state index in [-0.39, 0.29) is 12.5 Å². The molecule has 0 saturated heterocycles.